The van der Waals surface area contributed by atoms with E-state index >= 15 is 0 Å². The Bertz CT molecular complexity index is 624. The van der Waals surface area contributed by atoms with Gasteiger partial charge >= 0.3 is 0 Å². The third-order valence-corrected chi connectivity index (χ3v) is 3.17. The highest BCUT2D eigenvalue weighted by Gasteiger charge is 2.06. The Labute approximate surface area is 130 Å². The van der Waals surface area contributed by atoms with Crippen LogP contribution in [0.5, 0.6) is 5.75 Å². The predicted molar refractivity (Wildman–Crippen MR) is 85.3 cm³/mol. The molecule has 0 aliphatic carbocycles. The first-order valence-electron chi connectivity index (χ1n) is 7.30. The number of carbonyl (C=O) groups is 1. The molecule has 0 saturated heterocycles. The maximum absolute atomic E-state index is 11.7. The van der Waals surface area contributed by atoms with E-state index in [1.807, 2.05) is 44.2 Å². The number of ether oxygens (including phenoxy) is 1. The zero-order valence-electron chi connectivity index (χ0n) is 13.2. The Kier molecular flexibility index (Phi) is 5.47. The third-order valence-electron chi connectivity index (χ3n) is 3.17. The minimum absolute atomic E-state index is 0.0413. The van der Waals surface area contributed by atoms with Crippen molar-refractivity contribution < 1.29 is 9.53 Å². The molecule has 1 heterocycles. The summed E-state index contributed by atoms with van der Waals surface area (Å²) in [7, 11) is 1.64. The molecule has 1 amide bonds. The lowest BCUT2D eigenvalue weighted by molar-refractivity contribution is -0.121. The quantitative estimate of drug-likeness (QED) is 0.891. The van der Waals surface area contributed by atoms with E-state index in [0.717, 1.165) is 22.7 Å². The van der Waals surface area contributed by atoms with Gasteiger partial charge in [-0.25, -0.2) is 9.97 Å². The number of benzene rings is 1. The standard InChI is InChI=1S/C17H21N3O2/c1-12(2)8-17(21)18-10-14-9-16(20-11-19-14)13-4-6-15(22-3)7-5-13/h4-7,9,11-12H,8,10H2,1-3H3,(H,18,21). The van der Waals surface area contributed by atoms with E-state index < -0.39 is 0 Å². The largest absolute Gasteiger partial charge is 0.497 e. The van der Waals surface area contributed by atoms with Gasteiger partial charge in [-0.3, -0.25) is 4.79 Å². The molecule has 0 unspecified atom stereocenters. The SMILES string of the molecule is COc1ccc(-c2cc(CNC(=O)CC(C)C)ncn2)cc1. The van der Waals surface area contributed by atoms with E-state index in [0.29, 0.717) is 18.9 Å². The molecule has 22 heavy (non-hydrogen) atoms. The van der Waals surface area contributed by atoms with Crippen LogP contribution < -0.4 is 10.1 Å². The second-order valence-corrected chi connectivity index (χ2v) is 5.50. The molecule has 1 aromatic heterocycles. The van der Waals surface area contributed by atoms with Gasteiger partial charge < -0.3 is 10.1 Å². The van der Waals surface area contributed by atoms with E-state index in [-0.39, 0.29) is 5.91 Å². The van der Waals surface area contributed by atoms with Crippen molar-refractivity contribution in [2.75, 3.05) is 7.11 Å². The first kappa shape index (κ1) is 15.9. The van der Waals surface area contributed by atoms with Crippen LogP contribution in [0, 0.1) is 5.92 Å². The first-order chi connectivity index (χ1) is 10.6. The molecule has 0 bridgehead atoms. The lowest BCUT2D eigenvalue weighted by Crippen LogP contribution is -2.24. The zero-order valence-corrected chi connectivity index (χ0v) is 13.2. The summed E-state index contributed by atoms with van der Waals surface area (Å²) in [5.41, 5.74) is 2.60. The molecule has 0 aliphatic heterocycles. The number of hydrogen-bond donors (Lipinski definition) is 1. The van der Waals surface area contributed by atoms with Crippen LogP contribution >= 0.6 is 0 Å². The Balaban J connectivity index is 2.04. The van der Waals surface area contributed by atoms with Crippen molar-refractivity contribution in [2.24, 2.45) is 5.92 Å². The van der Waals surface area contributed by atoms with Gasteiger partial charge in [-0.1, -0.05) is 13.8 Å². The summed E-state index contributed by atoms with van der Waals surface area (Å²) in [5, 5.41) is 2.88. The molecule has 0 fully saturated rings. The number of rotatable bonds is 6. The molecule has 2 rings (SSSR count). The van der Waals surface area contributed by atoms with Gasteiger partial charge in [0.05, 0.1) is 25.0 Å². The molecular formula is C17H21N3O2. The van der Waals surface area contributed by atoms with E-state index in [1.54, 1.807) is 7.11 Å². The molecular weight excluding hydrogens is 278 g/mol. The van der Waals surface area contributed by atoms with E-state index in [4.69, 9.17) is 4.74 Å². The smallest absolute Gasteiger partial charge is 0.220 e. The fourth-order valence-electron chi connectivity index (χ4n) is 2.05. The van der Waals surface area contributed by atoms with Crippen LogP contribution in [0.15, 0.2) is 36.7 Å². The van der Waals surface area contributed by atoms with Gasteiger partial charge in [0.1, 0.15) is 12.1 Å². The van der Waals surface area contributed by atoms with Crippen LogP contribution in [-0.2, 0) is 11.3 Å². The fraction of sp³-hybridized carbons (Fsp3) is 0.353. The lowest BCUT2D eigenvalue weighted by atomic mass is 10.1. The third kappa shape index (κ3) is 4.55. The fourth-order valence-corrected chi connectivity index (χ4v) is 2.05. The van der Waals surface area contributed by atoms with Gasteiger partial charge in [-0.05, 0) is 36.2 Å². The Morgan fingerprint density at radius 2 is 1.95 bits per heavy atom. The highest BCUT2D eigenvalue weighted by atomic mass is 16.5. The highest BCUT2D eigenvalue weighted by Crippen LogP contribution is 2.20. The van der Waals surface area contributed by atoms with Crippen molar-refractivity contribution in [3.63, 3.8) is 0 Å². The molecule has 5 heteroatoms. The lowest BCUT2D eigenvalue weighted by Gasteiger charge is -2.08. The van der Waals surface area contributed by atoms with Crippen molar-refractivity contribution in [1.82, 2.24) is 15.3 Å². The van der Waals surface area contributed by atoms with E-state index in [1.165, 1.54) is 6.33 Å². The summed E-state index contributed by atoms with van der Waals surface area (Å²) in [6.45, 7) is 4.45. The van der Waals surface area contributed by atoms with Gasteiger partial charge in [-0.2, -0.15) is 0 Å². The molecule has 1 N–H and O–H groups in total. The normalized spacial score (nSPS) is 10.5. The van der Waals surface area contributed by atoms with Crippen LogP contribution in [0.1, 0.15) is 26.0 Å². The van der Waals surface area contributed by atoms with E-state index in [9.17, 15) is 4.79 Å². The van der Waals surface area contributed by atoms with Crippen molar-refractivity contribution >= 4 is 5.91 Å². The Morgan fingerprint density at radius 3 is 2.59 bits per heavy atom. The summed E-state index contributed by atoms with van der Waals surface area (Å²) in [6.07, 6.45) is 2.04. The van der Waals surface area contributed by atoms with Crippen LogP contribution in [-0.4, -0.2) is 23.0 Å². The summed E-state index contributed by atoms with van der Waals surface area (Å²) in [5.74, 6) is 1.19. The van der Waals surface area contributed by atoms with Crippen molar-refractivity contribution in [1.29, 1.82) is 0 Å². The van der Waals surface area contributed by atoms with Gasteiger partial charge in [0.25, 0.3) is 0 Å². The average Bonchev–Trinajstić information content (AvgIpc) is 2.53. The molecule has 116 valence electrons. The number of amides is 1. The first-order valence-corrected chi connectivity index (χ1v) is 7.30. The Morgan fingerprint density at radius 1 is 1.23 bits per heavy atom. The number of methoxy groups -OCH3 is 1. The number of carbonyl (C=O) groups excluding carboxylic acids is 1. The van der Waals surface area contributed by atoms with Crippen LogP contribution in [0.25, 0.3) is 11.3 Å². The molecule has 0 spiro atoms. The molecule has 1 aromatic carbocycles. The van der Waals surface area contributed by atoms with Crippen LogP contribution in [0.3, 0.4) is 0 Å². The van der Waals surface area contributed by atoms with Gasteiger partial charge in [0, 0.05) is 12.0 Å². The van der Waals surface area contributed by atoms with Crippen molar-refractivity contribution in [3.8, 4) is 17.0 Å². The molecule has 0 atom stereocenters. The monoisotopic (exact) mass is 299 g/mol. The minimum Gasteiger partial charge on any atom is -0.497 e. The second-order valence-electron chi connectivity index (χ2n) is 5.50. The summed E-state index contributed by atoms with van der Waals surface area (Å²) in [4.78, 5) is 20.2. The van der Waals surface area contributed by atoms with Gasteiger partial charge in [-0.15, -0.1) is 0 Å². The molecule has 0 saturated carbocycles. The molecule has 2 aromatic rings. The maximum Gasteiger partial charge on any atom is 0.220 e. The maximum atomic E-state index is 11.7. The molecule has 5 nitrogen and oxygen atoms in total. The second kappa shape index (κ2) is 7.54. The van der Waals surface area contributed by atoms with Gasteiger partial charge in [0.15, 0.2) is 0 Å². The topological polar surface area (TPSA) is 64.1 Å². The zero-order chi connectivity index (χ0) is 15.9. The number of aromatic nitrogens is 2. The number of hydrogen-bond acceptors (Lipinski definition) is 4. The predicted octanol–water partition coefficient (Wildman–Crippen LogP) is 2.81. The van der Waals surface area contributed by atoms with Gasteiger partial charge in [0.2, 0.25) is 5.91 Å². The molecule has 0 radical (unpaired) electrons. The summed E-state index contributed by atoms with van der Waals surface area (Å²) in [6, 6.07) is 9.56. The van der Waals surface area contributed by atoms with Crippen LogP contribution in [0.2, 0.25) is 0 Å². The van der Waals surface area contributed by atoms with Crippen molar-refractivity contribution in [3.05, 3.63) is 42.4 Å². The minimum atomic E-state index is 0.0413. The summed E-state index contributed by atoms with van der Waals surface area (Å²) >= 11 is 0. The van der Waals surface area contributed by atoms with E-state index in [2.05, 4.69) is 15.3 Å². The summed E-state index contributed by atoms with van der Waals surface area (Å²) < 4.78 is 5.15. The highest BCUT2D eigenvalue weighted by molar-refractivity contribution is 5.76. The Hall–Kier alpha value is -2.43. The molecule has 0 aliphatic rings. The number of nitrogens with zero attached hydrogens (tertiary/aromatic N) is 2. The average molecular weight is 299 g/mol. The van der Waals surface area contributed by atoms with Crippen molar-refractivity contribution in [2.45, 2.75) is 26.8 Å². The van der Waals surface area contributed by atoms with Crippen LogP contribution in [0.4, 0.5) is 0 Å². The number of nitrogens with one attached hydrogen (secondary N) is 1.